The SMILES string of the molecule is COCCOCCS(=O)(=O)NCC(=O)Nc1ccc2c(c1)OCO2. The van der Waals surface area contributed by atoms with E-state index >= 15 is 0 Å². The molecule has 0 saturated carbocycles. The van der Waals surface area contributed by atoms with Crippen LogP contribution in [0.3, 0.4) is 0 Å². The molecule has 134 valence electrons. The molecule has 0 aliphatic carbocycles. The normalized spacial score (nSPS) is 13.0. The van der Waals surface area contributed by atoms with Gasteiger partial charge in [-0.3, -0.25) is 4.79 Å². The summed E-state index contributed by atoms with van der Waals surface area (Å²) >= 11 is 0. The standard InChI is InChI=1S/C14H20N2O7S/c1-20-4-5-21-6-7-24(18,19)15-9-14(17)16-11-2-3-12-13(8-11)23-10-22-12/h2-3,8,15H,4-7,9-10H2,1H3,(H,16,17). The number of methoxy groups -OCH3 is 1. The number of carbonyl (C=O) groups is 1. The fourth-order valence-corrected chi connectivity index (χ4v) is 2.67. The smallest absolute Gasteiger partial charge is 0.239 e. The second-order valence-corrected chi connectivity index (χ2v) is 6.79. The summed E-state index contributed by atoms with van der Waals surface area (Å²) in [7, 11) is -2.06. The van der Waals surface area contributed by atoms with E-state index in [4.69, 9.17) is 18.9 Å². The second-order valence-electron chi connectivity index (χ2n) is 4.86. The monoisotopic (exact) mass is 360 g/mol. The van der Waals surface area contributed by atoms with E-state index in [0.717, 1.165) is 0 Å². The van der Waals surface area contributed by atoms with Crippen molar-refractivity contribution in [1.29, 1.82) is 0 Å². The first-order valence-electron chi connectivity index (χ1n) is 7.24. The van der Waals surface area contributed by atoms with E-state index in [-0.39, 0.29) is 25.7 Å². The van der Waals surface area contributed by atoms with Gasteiger partial charge in [0.1, 0.15) is 0 Å². The van der Waals surface area contributed by atoms with Crippen LogP contribution in [0.15, 0.2) is 18.2 Å². The zero-order chi connectivity index (χ0) is 17.4. The van der Waals surface area contributed by atoms with Gasteiger partial charge in [0.15, 0.2) is 11.5 Å². The number of fused-ring (bicyclic) bond motifs is 1. The predicted octanol–water partition coefficient (Wildman–Crippen LogP) is -0.0638. The maximum Gasteiger partial charge on any atom is 0.239 e. The number of hydrogen-bond acceptors (Lipinski definition) is 7. The van der Waals surface area contributed by atoms with Crippen LogP contribution in [0.2, 0.25) is 0 Å². The van der Waals surface area contributed by atoms with Gasteiger partial charge in [-0.25, -0.2) is 13.1 Å². The molecular formula is C14H20N2O7S. The van der Waals surface area contributed by atoms with Crippen LogP contribution in [-0.2, 0) is 24.3 Å². The van der Waals surface area contributed by atoms with Gasteiger partial charge < -0.3 is 24.3 Å². The molecular weight excluding hydrogens is 340 g/mol. The van der Waals surface area contributed by atoms with Crippen LogP contribution < -0.4 is 19.5 Å². The van der Waals surface area contributed by atoms with Crippen LogP contribution in [0, 0.1) is 0 Å². The summed E-state index contributed by atoms with van der Waals surface area (Å²) in [6.45, 7) is 0.512. The van der Waals surface area contributed by atoms with Crippen molar-refractivity contribution in [2.24, 2.45) is 0 Å². The highest BCUT2D eigenvalue weighted by atomic mass is 32.2. The fourth-order valence-electron chi connectivity index (χ4n) is 1.84. The molecule has 24 heavy (non-hydrogen) atoms. The number of benzene rings is 1. The number of amides is 1. The van der Waals surface area contributed by atoms with E-state index in [1.807, 2.05) is 0 Å². The van der Waals surface area contributed by atoms with E-state index in [2.05, 4.69) is 10.0 Å². The van der Waals surface area contributed by atoms with Gasteiger partial charge in [0.2, 0.25) is 22.7 Å². The third-order valence-corrected chi connectivity index (χ3v) is 4.33. The Morgan fingerprint density at radius 2 is 2.00 bits per heavy atom. The molecule has 0 bridgehead atoms. The Morgan fingerprint density at radius 1 is 1.21 bits per heavy atom. The van der Waals surface area contributed by atoms with Gasteiger partial charge in [-0.1, -0.05) is 0 Å². The number of rotatable bonds is 10. The van der Waals surface area contributed by atoms with Crippen molar-refractivity contribution in [2.45, 2.75) is 0 Å². The zero-order valence-electron chi connectivity index (χ0n) is 13.2. The number of sulfonamides is 1. The Kier molecular flexibility index (Phi) is 6.79. The van der Waals surface area contributed by atoms with Crippen molar-refractivity contribution in [3.63, 3.8) is 0 Å². The third kappa shape index (κ3) is 5.96. The van der Waals surface area contributed by atoms with Crippen molar-refractivity contribution >= 4 is 21.6 Å². The van der Waals surface area contributed by atoms with Crippen LogP contribution in [-0.4, -0.2) is 60.3 Å². The van der Waals surface area contributed by atoms with E-state index in [1.165, 1.54) is 7.11 Å². The fraction of sp³-hybridized carbons (Fsp3) is 0.500. The highest BCUT2D eigenvalue weighted by Crippen LogP contribution is 2.34. The molecule has 0 radical (unpaired) electrons. The summed E-state index contributed by atoms with van der Waals surface area (Å²) in [5.74, 6) is 0.412. The van der Waals surface area contributed by atoms with Crippen LogP contribution in [0.5, 0.6) is 11.5 Å². The first-order chi connectivity index (χ1) is 11.5. The molecule has 1 heterocycles. The van der Waals surface area contributed by atoms with Crippen molar-refractivity contribution in [3.05, 3.63) is 18.2 Å². The lowest BCUT2D eigenvalue weighted by molar-refractivity contribution is -0.115. The quantitative estimate of drug-likeness (QED) is 0.562. The summed E-state index contributed by atoms with van der Waals surface area (Å²) in [6, 6.07) is 4.92. The largest absolute Gasteiger partial charge is 0.454 e. The lowest BCUT2D eigenvalue weighted by atomic mass is 10.3. The molecule has 1 amide bonds. The van der Waals surface area contributed by atoms with Crippen molar-refractivity contribution in [3.8, 4) is 11.5 Å². The van der Waals surface area contributed by atoms with Gasteiger partial charge in [0.25, 0.3) is 0 Å². The maximum absolute atomic E-state index is 11.8. The topological polar surface area (TPSA) is 112 Å². The Hall–Kier alpha value is -1.88. The average Bonchev–Trinajstić information content (AvgIpc) is 3.00. The number of ether oxygens (including phenoxy) is 4. The lowest BCUT2D eigenvalue weighted by Gasteiger charge is -2.09. The molecule has 2 N–H and O–H groups in total. The predicted molar refractivity (Wildman–Crippen MR) is 85.7 cm³/mol. The van der Waals surface area contributed by atoms with Crippen LogP contribution in [0.4, 0.5) is 5.69 Å². The molecule has 9 nitrogen and oxygen atoms in total. The highest BCUT2D eigenvalue weighted by Gasteiger charge is 2.15. The lowest BCUT2D eigenvalue weighted by Crippen LogP contribution is -2.35. The first-order valence-corrected chi connectivity index (χ1v) is 8.89. The maximum atomic E-state index is 11.8. The van der Waals surface area contributed by atoms with Gasteiger partial charge in [-0.15, -0.1) is 0 Å². The molecule has 2 rings (SSSR count). The first kappa shape index (κ1) is 18.5. The molecule has 0 fully saturated rings. The summed E-state index contributed by atoms with van der Waals surface area (Å²) in [5, 5.41) is 2.58. The van der Waals surface area contributed by atoms with E-state index in [0.29, 0.717) is 30.4 Å². The summed E-state index contributed by atoms with van der Waals surface area (Å²) < 4.78 is 45.9. The third-order valence-electron chi connectivity index (χ3n) is 3.04. The van der Waals surface area contributed by atoms with Crippen molar-refractivity contribution < 1.29 is 32.2 Å². The average molecular weight is 360 g/mol. The van der Waals surface area contributed by atoms with Crippen LogP contribution >= 0.6 is 0 Å². The Balaban J connectivity index is 1.72. The molecule has 1 aliphatic rings. The summed E-state index contributed by atoms with van der Waals surface area (Å²) in [5.41, 5.74) is 0.492. The number of anilines is 1. The molecule has 1 aromatic carbocycles. The molecule has 0 saturated heterocycles. The second kappa shape index (κ2) is 8.83. The number of carbonyl (C=O) groups excluding carboxylic acids is 1. The van der Waals surface area contributed by atoms with Gasteiger partial charge in [0.05, 0.1) is 32.1 Å². The Bertz CT molecular complexity index is 663. The molecule has 0 aromatic heterocycles. The van der Waals surface area contributed by atoms with E-state index in [9.17, 15) is 13.2 Å². The minimum absolute atomic E-state index is 0.0302. The molecule has 0 atom stereocenters. The van der Waals surface area contributed by atoms with Gasteiger partial charge in [0, 0.05) is 18.9 Å². The number of hydrogen-bond donors (Lipinski definition) is 2. The summed E-state index contributed by atoms with van der Waals surface area (Å²) in [6.07, 6.45) is 0. The molecule has 0 spiro atoms. The minimum Gasteiger partial charge on any atom is -0.454 e. The number of nitrogens with one attached hydrogen (secondary N) is 2. The minimum atomic E-state index is -3.59. The van der Waals surface area contributed by atoms with Crippen LogP contribution in [0.25, 0.3) is 0 Å². The zero-order valence-corrected chi connectivity index (χ0v) is 14.1. The van der Waals surface area contributed by atoms with Crippen molar-refractivity contribution in [2.75, 3.05) is 51.3 Å². The van der Waals surface area contributed by atoms with Crippen LogP contribution in [0.1, 0.15) is 0 Å². The molecule has 0 unspecified atom stereocenters. The molecule has 1 aromatic rings. The van der Waals surface area contributed by atoms with Gasteiger partial charge in [-0.05, 0) is 12.1 Å². The van der Waals surface area contributed by atoms with Gasteiger partial charge >= 0.3 is 0 Å². The molecule has 1 aliphatic heterocycles. The Morgan fingerprint density at radius 3 is 2.79 bits per heavy atom. The summed E-state index contributed by atoms with van der Waals surface area (Å²) in [4.78, 5) is 11.8. The highest BCUT2D eigenvalue weighted by molar-refractivity contribution is 7.89. The molecule has 10 heteroatoms. The van der Waals surface area contributed by atoms with Crippen molar-refractivity contribution in [1.82, 2.24) is 4.72 Å². The van der Waals surface area contributed by atoms with Gasteiger partial charge in [-0.2, -0.15) is 0 Å². The van der Waals surface area contributed by atoms with E-state index < -0.39 is 15.9 Å². The Labute approximate surface area is 140 Å². The van der Waals surface area contributed by atoms with E-state index in [1.54, 1.807) is 18.2 Å².